The van der Waals surface area contributed by atoms with E-state index in [9.17, 15) is 4.79 Å². The van der Waals surface area contributed by atoms with Crippen LogP contribution in [0.4, 0.5) is 5.82 Å². The van der Waals surface area contributed by atoms with Crippen molar-refractivity contribution in [2.75, 3.05) is 11.9 Å². The van der Waals surface area contributed by atoms with Gasteiger partial charge in [0.25, 0.3) is 0 Å². The van der Waals surface area contributed by atoms with Gasteiger partial charge in [0.2, 0.25) is 0 Å². The van der Waals surface area contributed by atoms with Crippen molar-refractivity contribution in [2.45, 2.75) is 78.6 Å². The summed E-state index contributed by atoms with van der Waals surface area (Å²) in [5, 5.41) is 1.39. The molecule has 4 nitrogen and oxygen atoms in total. The van der Waals surface area contributed by atoms with Gasteiger partial charge in [-0.05, 0) is 57.2 Å². The minimum atomic E-state index is 0.0555. The zero-order chi connectivity index (χ0) is 23.7. The Morgan fingerprint density at radius 1 is 1.00 bits per heavy atom. The van der Waals surface area contributed by atoms with Gasteiger partial charge in [-0.1, -0.05) is 56.3 Å². The van der Waals surface area contributed by atoms with E-state index >= 15 is 0 Å². The summed E-state index contributed by atoms with van der Waals surface area (Å²) in [6.07, 6.45) is 3.32. The topological polar surface area (TPSA) is 39.3 Å². The monoisotopic (exact) mass is 445 g/mol. The maximum atomic E-state index is 12.4. The fourth-order valence-corrected chi connectivity index (χ4v) is 5.24. The third kappa shape index (κ3) is 4.72. The Kier molecular flexibility index (Phi) is 6.94. The van der Waals surface area contributed by atoms with Crippen molar-refractivity contribution in [2.24, 2.45) is 5.92 Å². The molecule has 0 spiro atoms. The van der Waals surface area contributed by atoms with Crippen molar-refractivity contribution in [1.82, 2.24) is 9.88 Å². The number of aromatic amines is 1. The molecule has 176 valence electrons. The number of rotatable bonds is 3. The van der Waals surface area contributed by atoms with Crippen LogP contribution in [0.3, 0.4) is 0 Å². The van der Waals surface area contributed by atoms with E-state index in [2.05, 4.69) is 91.1 Å². The van der Waals surface area contributed by atoms with E-state index < -0.39 is 0 Å². The molecule has 1 unspecified atom stereocenters. The first kappa shape index (κ1) is 23.6. The summed E-state index contributed by atoms with van der Waals surface area (Å²) in [5.41, 5.74) is 5.47. The molecule has 2 aliphatic rings. The lowest BCUT2D eigenvalue weighted by Gasteiger charge is -2.39. The fourth-order valence-electron chi connectivity index (χ4n) is 5.24. The Balaban J connectivity index is 0.000000159. The number of hydrogen-bond donors (Lipinski definition) is 1. The number of benzene rings is 2. The maximum absolute atomic E-state index is 12.4. The second-order valence-electron chi connectivity index (χ2n) is 10.3. The van der Waals surface area contributed by atoms with Crippen molar-refractivity contribution < 1.29 is 4.79 Å². The summed E-state index contributed by atoms with van der Waals surface area (Å²) in [4.78, 5) is 20.6. The van der Waals surface area contributed by atoms with E-state index in [1.807, 2.05) is 13.8 Å². The molecule has 0 radical (unpaired) electrons. The van der Waals surface area contributed by atoms with Gasteiger partial charge in [-0.3, -0.25) is 9.69 Å². The number of aromatic nitrogens is 1. The molecule has 5 rings (SSSR count). The molecule has 33 heavy (non-hydrogen) atoms. The molecule has 0 bridgehead atoms. The van der Waals surface area contributed by atoms with Crippen molar-refractivity contribution in [1.29, 1.82) is 0 Å². The van der Waals surface area contributed by atoms with Gasteiger partial charge in [-0.15, -0.1) is 0 Å². The molecule has 0 fully saturated rings. The molecule has 3 aromatic rings. The number of carbonyl (C=O) groups excluding carboxylic acids is 1. The first-order valence-electron chi connectivity index (χ1n) is 12.5. The molecule has 4 heteroatoms. The van der Waals surface area contributed by atoms with Gasteiger partial charge in [0.1, 0.15) is 5.82 Å². The lowest BCUT2D eigenvalue weighted by molar-refractivity contribution is -0.128. The van der Waals surface area contributed by atoms with Crippen LogP contribution in [0.5, 0.6) is 0 Å². The van der Waals surface area contributed by atoms with Gasteiger partial charge < -0.3 is 9.88 Å². The number of nitrogens with one attached hydrogen (secondary N) is 1. The number of para-hydroxylation sites is 1. The van der Waals surface area contributed by atoms with E-state index in [0.717, 1.165) is 13.0 Å². The Morgan fingerprint density at radius 2 is 1.67 bits per heavy atom. The van der Waals surface area contributed by atoms with Crippen LogP contribution < -0.4 is 4.90 Å². The van der Waals surface area contributed by atoms with Crippen LogP contribution in [0.15, 0.2) is 48.5 Å². The van der Waals surface area contributed by atoms with E-state index in [0.29, 0.717) is 17.9 Å². The average molecular weight is 446 g/mol. The third-order valence-corrected chi connectivity index (χ3v) is 7.46. The molecule has 2 atom stereocenters. The standard InChI is InChI=1S/C16H23NO.C13H16N2/c1-11(2)16(18)15-9-13-7-5-6-8-14(13)10-17(15)12(3)4;1-9-7-8-11-10-5-3-4-6-12(10)14-13(11)15(9)2/h5-8,11-12,15H,9-10H2,1-4H3;3-6,9,14H,7-8H2,1-2H3/t;9-/m.1/s1. The van der Waals surface area contributed by atoms with Gasteiger partial charge in [-0.25, -0.2) is 0 Å². The van der Waals surface area contributed by atoms with Crippen LogP contribution in [0.1, 0.15) is 57.7 Å². The smallest absolute Gasteiger partial charge is 0.152 e. The van der Waals surface area contributed by atoms with Gasteiger partial charge in [-0.2, -0.15) is 0 Å². The molecule has 2 aliphatic heterocycles. The largest absolute Gasteiger partial charge is 0.358 e. The summed E-state index contributed by atoms with van der Waals surface area (Å²) < 4.78 is 0. The van der Waals surface area contributed by atoms with Crippen molar-refractivity contribution in [3.63, 3.8) is 0 Å². The number of aryl methyl sites for hydroxylation is 1. The van der Waals surface area contributed by atoms with Gasteiger partial charge in [0.05, 0.1) is 6.04 Å². The highest BCUT2D eigenvalue weighted by atomic mass is 16.1. The van der Waals surface area contributed by atoms with Gasteiger partial charge in [0, 0.05) is 48.1 Å². The molecule has 0 amide bonds. The van der Waals surface area contributed by atoms with E-state index in [1.54, 1.807) is 0 Å². The molecule has 0 aliphatic carbocycles. The lowest BCUT2D eigenvalue weighted by atomic mass is 9.87. The Morgan fingerprint density at radius 3 is 2.36 bits per heavy atom. The summed E-state index contributed by atoms with van der Waals surface area (Å²) >= 11 is 0. The molecule has 1 aromatic heterocycles. The molecule has 1 N–H and O–H groups in total. The molecule has 2 aromatic carbocycles. The van der Waals surface area contributed by atoms with Crippen LogP contribution >= 0.6 is 0 Å². The summed E-state index contributed by atoms with van der Waals surface area (Å²) in [7, 11) is 2.18. The zero-order valence-electron chi connectivity index (χ0n) is 21.1. The SMILES string of the molecule is CC(C)C(=O)C1Cc2ccccc2CN1C(C)C.C[C@@H]1CCc2c([nH]c3ccccc23)N1C. The number of H-pyrrole nitrogens is 1. The molecule has 0 saturated carbocycles. The number of nitrogens with zero attached hydrogens (tertiary/aromatic N) is 2. The van der Waals surface area contributed by atoms with Crippen molar-refractivity contribution in [3.05, 3.63) is 65.2 Å². The van der Waals surface area contributed by atoms with Crippen LogP contribution in [0.2, 0.25) is 0 Å². The number of Topliss-reactive ketones (excluding diaryl/α,β-unsaturated/α-hetero) is 1. The Bertz CT molecular complexity index is 1110. The van der Waals surface area contributed by atoms with Crippen LogP contribution in [-0.4, -0.2) is 40.8 Å². The number of carbonyl (C=O) groups is 1. The van der Waals surface area contributed by atoms with E-state index in [4.69, 9.17) is 0 Å². The van der Waals surface area contributed by atoms with Crippen LogP contribution in [0, 0.1) is 5.92 Å². The lowest BCUT2D eigenvalue weighted by Crippen LogP contribution is -2.50. The fraction of sp³-hybridized carbons (Fsp3) is 0.483. The molecular weight excluding hydrogens is 406 g/mol. The van der Waals surface area contributed by atoms with E-state index in [-0.39, 0.29) is 12.0 Å². The van der Waals surface area contributed by atoms with Crippen molar-refractivity contribution in [3.8, 4) is 0 Å². The van der Waals surface area contributed by atoms with Gasteiger partial charge >= 0.3 is 0 Å². The Hall–Kier alpha value is -2.59. The highest BCUT2D eigenvalue weighted by molar-refractivity contribution is 5.89. The van der Waals surface area contributed by atoms with Gasteiger partial charge in [0.15, 0.2) is 5.78 Å². The van der Waals surface area contributed by atoms with Crippen LogP contribution in [-0.2, 0) is 24.2 Å². The second-order valence-corrected chi connectivity index (χ2v) is 10.3. The number of ketones is 1. The van der Waals surface area contributed by atoms with Crippen LogP contribution in [0.25, 0.3) is 10.9 Å². The average Bonchev–Trinajstić information content (AvgIpc) is 3.20. The van der Waals surface area contributed by atoms with E-state index in [1.165, 1.54) is 46.3 Å². The minimum absolute atomic E-state index is 0.0555. The number of fused-ring (bicyclic) bond motifs is 4. The molecule has 3 heterocycles. The quantitative estimate of drug-likeness (QED) is 0.539. The minimum Gasteiger partial charge on any atom is -0.358 e. The summed E-state index contributed by atoms with van der Waals surface area (Å²) in [5.74, 6) is 1.80. The predicted octanol–water partition coefficient (Wildman–Crippen LogP) is 5.99. The maximum Gasteiger partial charge on any atom is 0.152 e. The molecular formula is C29H39N3O. The summed E-state index contributed by atoms with van der Waals surface area (Å²) in [6, 6.07) is 18.2. The normalized spacial score (nSPS) is 20.4. The van der Waals surface area contributed by atoms with Crippen molar-refractivity contribution >= 4 is 22.5 Å². The third-order valence-electron chi connectivity index (χ3n) is 7.46. The highest BCUT2D eigenvalue weighted by Crippen LogP contribution is 2.34. The second kappa shape index (κ2) is 9.72. The highest BCUT2D eigenvalue weighted by Gasteiger charge is 2.33. The number of anilines is 1. The number of hydrogen-bond acceptors (Lipinski definition) is 3. The zero-order valence-corrected chi connectivity index (χ0v) is 21.1. The first-order chi connectivity index (χ1) is 15.8. The molecule has 0 saturated heterocycles. The summed E-state index contributed by atoms with van der Waals surface area (Å²) in [6.45, 7) is 11.5. The predicted molar refractivity (Wildman–Crippen MR) is 139 cm³/mol. The first-order valence-corrected chi connectivity index (χ1v) is 12.5. The Labute approximate surface area is 199 Å².